The van der Waals surface area contributed by atoms with Crippen LogP contribution >= 0.6 is 19.4 Å². The molecule has 1 fully saturated rings. The number of ether oxygens (including phenoxy) is 1. The first-order valence-corrected chi connectivity index (χ1v) is 10.7. The fourth-order valence-electron chi connectivity index (χ4n) is 3.15. The van der Waals surface area contributed by atoms with Crippen LogP contribution in [0.3, 0.4) is 0 Å². The van der Waals surface area contributed by atoms with Gasteiger partial charge in [0.1, 0.15) is 18.5 Å². The van der Waals surface area contributed by atoms with E-state index in [9.17, 15) is 19.3 Å². The van der Waals surface area contributed by atoms with E-state index in [4.69, 9.17) is 29.9 Å². The molecule has 1 saturated heterocycles. The van der Waals surface area contributed by atoms with Crippen molar-refractivity contribution in [3.63, 3.8) is 0 Å². The van der Waals surface area contributed by atoms with Crippen molar-refractivity contribution < 1.29 is 32.4 Å². The molecule has 1 aromatic carbocycles. The minimum Gasteiger partial charge on any atom is -0.404 e. The smallest absolute Gasteiger partial charge is 0.404 e. The number of nitrogens with one attached hydrogen (secondary N) is 1. The van der Waals surface area contributed by atoms with Crippen LogP contribution in [0.5, 0.6) is 5.75 Å². The fraction of sp³-hybridized carbons (Fsp3) is 0.412. The minimum absolute atomic E-state index is 0.120. The Morgan fingerprint density at radius 3 is 3.00 bits per heavy atom. The number of hydrogen-bond acceptors (Lipinski definition) is 8. The van der Waals surface area contributed by atoms with Crippen molar-refractivity contribution in [1.82, 2.24) is 9.55 Å². The van der Waals surface area contributed by atoms with Gasteiger partial charge in [0.25, 0.3) is 5.56 Å². The zero-order valence-corrected chi connectivity index (χ0v) is 17.2. The van der Waals surface area contributed by atoms with Crippen LogP contribution in [0.1, 0.15) is 23.8 Å². The third kappa shape index (κ3) is 4.09. The molecule has 2 aliphatic rings. The molecule has 30 heavy (non-hydrogen) atoms. The van der Waals surface area contributed by atoms with Gasteiger partial charge in [-0.1, -0.05) is 11.6 Å². The van der Waals surface area contributed by atoms with E-state index in [0.29, 0.717) is 10.6 Å². The first kappa shape index (κ1) is 21.2. The maximum Gasteiger partial charge on any atom is 0.530 e. The first-order valence-electron chi connectivity index (χ1n) is 8.81. The van der Waals surface area contributed by atoms with Gasteiger partial charge in [-0.25, -0.2) is 13.8 Å². The second kappa shape index (κ2) is 7.60. The number of aromatic nitrogens is 2. The number of phosphoric acid groups is 1. The third-order valence-corrected chi connectivity index (χ3v) is 6.19. The number of benzene rings is 1. The number of phosphoric ester groups is 1. The maximum absolute atomic E-state index is 15.1. The number of aryl methyl sites for hydroxylation is 1. The number of aromatic amines is 1. The van der Waals surface area contributed by atoms with Crippen LogP contribution in [0.4, 0.5) is 4.39 Å². The molecule has 13 heteroatoms. The Morgan fingerprint density at radius 1 is 1.47 bits per heavy atom. The Bertz CT molecular complexity index is 1150. The summed E-state index contributed by atoms with van der Waals surface area (Å²) in [6, 6.07) is 4.58. The van der Waals surface area contributed by atoms with Crippen LogP contribution in [-0.2, 0) is 25.0 Å². The predicted molar refractivity (Wildman–Crippen MR) is 101 cm³/mol. The largest absolute Gasteiger partial charge is 0.530 e. The van der Waals surface area contributed by atoms with Gasteiger partial charge in [0.2, 0.25) is 5.85 Å². The van der Waals surface area contributed by atoms with Crippen molar-refractivity contribution in [2.24, 2.45) is 0 Å². The molecule has 3 heterocycles. The Balaban J connectivity index is 1.47. The summed E-state index contributed by atoms with van der Waals surface area (Å²) in [5.74, 6) is -2.36. The molecule has 1 unspecified atom stereocenters. The highest BCUT2D eigenvalue weighted by Gasteiger charge is 2.50. The summed E-state index contributed by atoms with van der Waals surface area (Å²) in [6.45, 7) is 0.429. The van der Waals surface area contributed by atoms with Crippen LogP contribution in [0.25, 0.3) is 0 Å². The highest BCUT2D eigenvalue weighted by molar-refractivity contribution is 7.49. The van der Waals surface area contributed by atoms with E-state index >= 15 is 4.39 Å². The van der Waals surface area contributed by atoms with E-state index in [1.807, 2.05) is 4.98 Å². The topological polar surface area (TPSA) is 129 Å². The number of fused-ring (bicyclic) bond motifs is 1. The number of aliphatic hydroxyl groups excluding tert-OH is 1. The summed E-state index contributed by atoms with van der Waals surface area (Å²) >= 11 is 5.88. The Labute approximate surface area is 173 Å². The molecule has 0 saturated carbocycles. The van der Waals surface area contributed by atoms with Crippen molar-refractivity contribution in [3.05, 3.63) is 61.4 Å². The molecule has 162 valence electrons. The SMILES string of the molecule is Cc1cn([C@@H]2O[C@](F)(COP3(=O)OCc4cc(Cl)ccc4O3)C[C@H]2O)c(=O)[nH]c1=O. The van der Waals surface area contributed by atoms with E-state index in [1.165, 1.54) is 19.1 Å². The average molecular weight is 463 g/mol. The lowest BCUT2D eigenvalue weighted by atomic mass is 10.2. The Kier molecular flexibility index (Phi) is 5.38. The minimum atomic E-state index is -4.15. The van der Waals surface area contributed by atoms with Gasteiger partial charge in [-0.2, -0.15) is 0 Å². The maximum atomic E-state index is 15.1. The lowest BCUT2D eigenvalue weighted by molar-refractivity contribution is -0.179. The van der Waals surface area contributed by atoms with Crippen LogP contribution in [0.2, 0.25) is 5.02 Å². The van der Waals surface area contributed by atoms with Crippen molar-refractivity contribution in [2.45, 2.75) is 38.1 Å². The van der Waals surface area contributed by atoms with E-state index in [-0.39, 0.29) is 17.9 Å². The number of alkyl halides is 1. The van der Waals surface area contributed by atoms with Crippen LogP contribution in [0, 0.1) is 6.92 Å². The Morgan fingerprint density at radius 2 is 2.23 bits per heavy atom. The highest BCUT2D eigenvalue weighted by atomic mass is 35.5. The van der Waals surface area contributed by atoms with Crippen molar-refractivity contribution >= 4 is 19.4 Å². The molecule has 4 rings (SSSR count). The summed E-state index contributed by atoms with van der Waals surface area (Å²) in [5, 5.41) is 10.6. The summed E-state index contributed by atoms with van der Waals surface area (Å²) in [5.41, 5.74) is -0.759. The molecule has 0 radical (unpaired) electrons. The quantitative estimate of drug-likeness (QED) is 0.661. The number of H-pyrrole nitrogens is 1. The lowest BCUT2D eigenvalue weighted by Crippen LogP contribution is -2.37. The third-order valence-electron chi connectivity index (χ3n) is 4.64. The number of nitrogens with zero attached hydrogens (tertiary/aromatic N) is 1. The summed E-state index contributed by atoms with van der Waals surface area (Å²) in [6.07, 6.45) is -2.27. The van der Waals surface area contributed by atoms with E-state index in [0.717, 1.165) is 10.8 Å². The molecule has 4 atom stereocenters. The highest BCUT2D eigenvalue weighted by Crippen LogP contribution is 2.55. The first-order chi connectivity index (χ1) is 14.1. The van der Waals surface area contributed by atoms with Gasteiger partial charge in [0.05, 0.1) is 6.61 Å². The average Bonchev–Trinajstić information content (AvgIpc) is 2.98. The monoisotopic (exact) mass is 462 g/mol. The summed E-state index contributed by atoms with van der Waals surface area (Å²) in [7, 11) is -4.15. The summed E-state index contributed by atoms with van der Waals surface area (Å²) < 4.78 is 49.3. The number of hydrogen-bond donors (Lipinski definition) is 2. The second-order valence-electron chi connectivity index (χ2n) is 6.98. The molecule has 2 aliphatic heterocycles. The van der Waals surface area contributed by atoms with E-state index < -0.39 is 50.3 Å². The normalized spacial score (nSPS) is 30.7. The van der Waals surface area contributed by atoms with E-state index in [2.05, 4.69) is 0 Å². The fourth-order valence-corrected chi connectivity index (χ4v) is 4.59. The number of halogens is 2. The van der Waals surface area contributed by atoms with Gasteiger partial charge in [-0.15, -0.1) is 0 Å². The van der Waals surface area contributed by atoms with Gasteiger partial charge in [0, 0.05) is 28.8 Å². The molecule has 0 spiro atoms. The molecule has 2 N–H and O–H groups in total. The zero-order valence-electron chi connectivity index (χ0n) is 15.5. The van der Waals surface area contributed by atoms with Gasteiger partial charge in [-0.05, 0) is 25.1 Å². The molecule has 0 bridgehead atoms. The van der Waals surface area contributed by atoms with Gasteiger partial charge >= 0.3 is 13.5 Å². The van der Waals surface area contributed by atoms with Crippen molar-refractivity contribution in [3.8, 4) is 5.75 Å². The zero-order chi connectivity index (χ0) is 21.7. The van der Waals surface area contributed by atoms with Crippen LogP contribution in [0.15, 0.2) is 34.0 Å². The van der Waals surface area contributed by atoms with Gasteiger partial charge < -0.3 is 14.4 Å². The molecular weight excluding hydrogens is 446 g/mol. The lowest BCUT2D eigenvalue weighted by Gasteiger charge is -2.27. The number of aliphatic hydroxyl groups is 1. The van der Waals surface area contributed by atoms with Crippen molar-refractivity contribution in [1.29, 1.82) is 0 Å². The molecule has 0 amide bonds. The molecule has 10 nitrogen and oxygen atoms in total. The predicted octanol–water partition coefficient (Wildman–Crippen LogP) is 2.18. The van der Waals surface area contributed by atoms with Gasteiger partial charge in [0.15, 0.2) is 6.23 Å². The molecule has 1 aromatic heterocycles. The van der Waals surface area contributed by atoms with Crippen molar-refractivity contribution in [2.75, 3.05) is 6.61 Å². The Hall–Kier alpha value is -2.01. The van der Waals surface area contributed by atoms with Crippen LogP contribution < -0.4 is 15.8 Å². The second-order valence-corrected chi connectivity index (χ2v) is 9.01. The molecule has 0 aliphatic carbocycles. The molecule has 2 aromatic rings. The standard InChI is InChI=1S/C17H17ClFN2O8P/c1-9-6-21(16(24)20-14(9)23)15-12(22)5-17(19,28-15)8-27-30(25)26-7-10-4-11(18)2-3-13(10)29-30/h2-4,6,12,15,22H,5,7-8H2,1H3,(H,20,23,24)/t12-,15-,17+,30?/m1/s1. The number of rotatable bonds is 4. The van der Waals surface area contributed by atoms with E-state index in [1.54, 1.807) is 6.07 Å². The molecular formula is C17H17ClFN2O8P. The van der Waals surface area contributed by atoms with Gasteiger partial charge in [-0.3, -0.25) is 23.4 Å². The summed E-state index contributed by atoms with van der Waals surface area (Å²) in [4.78, 5) is 25.6. The van der Waals surface area contributed by atoms with Crippen LogP contribution in [-0.4, -0.2) is 33.2 Å².